The quantitative estimate of drug-likeness (QED) is 0.858. The Kier molecular flexibility index (Phi) is 4.39. The lowest BCUT2D eigenvalue weighted by Gasteiger charge is -2.48. The first-order chi connectivity index (χ1) is 9.69. The van der Waals surface area contributed by atoms with Crippen LogP contribution in [0.3, 0.4) is 0 Å². The van der Waals surface area contributed by atoms with E-state index in [2.05, 4.69) is 31.2 Å². The highest BCUT2D eigenvalue weighted by molar-refractivity contribution is 7.99. The highest BCUT2D eigenvalue weighted by Gasteiger charge is 2.43. The predicted octanol–water partition coefficient (Wildman–Crippen LogP) is 3.76. The average Bonchev–Trinajstić information content (AvgIpc) is 2.44. The fraction of sp³-hybridized carbons (Fsp3) is 0.647. The summed E-state index contributed by atoms with van der Waals surface area (Å²) in [6, 6.07) is 8.87. The van der Waals surface area contributed by atoms with Gasteiger partial charge in [0.2, 0.25) is 0 Å². The molecule has 1 aliphatic carbocycles. The van der Waals surface area contributed by atoms with E-state index in [-0.39, 0.29) is 5.60 Å². The second kappa shape index (κ2) is 6.08. The van der Waals surface area contributed by atoms with Gasteiger partial charge in [0.25, 0.3) is 0 Å². The highest BCUT2D eigenvalue weighted by Crippen LogP contribution is 2.45. The van der Waals surface area contributed by atoms with Crippen molar-refractivity contribution in [1.82, 2.24) is 0 Å². The van der Waals surface area contributed by atoms with Crippen LogP contribution in [0.2, 0.25) is 0 Å². The maximum absolute atomic E-state index is 6.47. The molecule has 0 bridgehead atoms. The van der Waals surface area contributed by atoms with Gasteiger partial charge in [0.15, 0.2) is 0 Å². The van der Waals surface area contributed by atoms with E-state index in [0.29, 0.717) is 12.0 Å². The molecule has 2 aliphatic rings. The van der Waals surface area contributed by atoms with Crippen LogP contribution >= 0.6 is 11.8 Å². The van der Waals surface area contributed by atoms with Crippen molar-refractivity contribution in [2.75, 3.05) is 12.4 Å². The molecule has 0 radical (unpaired) electrons. The van der Waals surface area contributed by atoms with E-state index >= 15 is 0 Å². The lowest BCUT2D eigenvalue weighted by Crippen LogP contribution is -2.49. The number of rotatable bonds is 4. The van der Waals surface area contributed by atoms with Crippen molar-refractivity contribution in [2.24, 2.45) is 11.7 Å². The molecule has 1 aliphatic heterocycles. The molecule has 1 saturated heterocycles. The van der Waals surface area contributed by atoms with Crippen LogP contribution in [0.4, 0.5) is 0 Å². The summed E-state index contributed by atoms with van der Waals surface area (Å²) in [4.78, 5) is 1.37. The largest absolute Gasteiger partial charge is 0.375 e. The third-order valence-electron chi connectivity index (χ3n) is 4.93. The number of nitrogens with two attached hydrogens (primary N) is 1. The van der Waals surface area contributed by atoms with Crippen LogP contribution in [0, 0.1) is 12.8 Å². The molecule has 20 heavy (non-hydrogen) atoms. The Bertz CT molecular complexity index is 458. The molecular weight excluding hydrogens is 266 g/mol. The molecule has 2 atom stereocenters. The van der Waals surface area contributed by atoms with Gasteiger partial charge in [-0.25, -0.2) is 0 Å². The molecule has 1 saturated carbocycles. The van der Waals surface area contributed by atoms with E-state index in [1.165, 1.54) is 36.1 Å². The Hall–Kier alpha value is -0.510. The SMILES string of the molecule is Cc1ccccc1SCC(N)C1CCOC2(CCC2)C1. The maximum atomic E-state index is 6.47. The Morgan fingerprint density at radius 2 is 2.20 bits per heavy atom. The molecule has 3 heteroatoms. The third-order valence-corrected chi connectivity index (χ3v) is 6.25. The minimum Gasteiger partial charge on any atom is -0.375 e. The first-order valence-electron chi connectivity index (χ1n) is 7.77. The number of aryl methyl sites for hydroxylation is 1. The van der Waals surface area contributed by atoms with Gasteiger partial charge >= 0.3 is 0 Å². The minimum absolute atomic E-state index is 0.216. The molecule has 1 aromatic rings. The molecule has 0 aromatic heterocycles. The van der Waals surface area contributed by atoms with Crippen molar-refractivity contribution in [3.05, 3.63) is 29.8 Å². The summed E-state index contributed by atoms with van der Waals surface area (Å²) >= 11 is 1.91. The molecule has 110 valence electrons. The van der Waals surface area contributed by atoms with Gasteiger partial charge in [-0.3, -0.25) is 0 Å². The third kappa shape index (κ3) is 3.05. The van der Waals surface area contributed by atoms with Gasteiger partial charge < -0.3 is 10.5 Å². The summed E-state index contributed by atoms with van der Waals surface area (Å²) < 4.78 is 6.00. The molecule has 1 heterocycles. The minimum atomic E-state index is 0.216. The summed E-state index contributed by atoms with van der Waals surface area (Å²) in [5, 5.41) is 0. The summed E-state index contributed by atoms with van der Waals surface area (Å²) in [5.41, 5.74) is 8.04. The van der Waals surface area contributed by atoms with Crippen molar-refractivity contribution >= 4 is 11.8 Å². The first-order valence-corrected chi connectivity index (χ1v) is 8.75. The van der Waals surface area contributed by atoms with Crippen LogP contribution in [-0.2, 0) is 4.74 Å². The predicted molar refractivity (Wildman–Crippen MR) is 85.1 cm³/mol. The lowest BCUT2D eigenvalue weighted by atomic mass is 9.71. The van der Waals surface area contributed by atoms with Gasteiger partial charge in [0.1, 0.15) is 0 Å². The monoisotopic (exact) mass is 291 g/mol. The van der Waals surface area contributed by atoms with E-state index in [1.54, 1.807) is 0 Å². The van der Waals surface area contributed by atoms with Gasteiger partial charge in [-0.05, 0) is 56.6 Å². The van der Waals surface area contributed by atoms with Gasteiger partial charge in [0.05, 0.1) is 5.60 Å². The summed E-state index contributed by atoms with van der Waals surface area (Å²) in [6.07, 6.45) is 6.15. The van der Waals surface area contributed by atoms with Crippen LogP contribution in [-0.4, -0.2) is 24.0 Å². The fourth-order valence-electron chi connectivity index (χ4n) is 3.39. The van der Waals surface area contributed by atoms with Gasteiger partial charge in [-0.15, -0.1) is 11.8 Å². The Morgan fingerprint density at radius 3 is 2.90 bits per heavy atom. The zero-order valence-corrected chi connectivity index (χ0v) is 13.1. The lowest BCUT2D eigenvalue weighted by molar-refractivity contribution is -0.145. The average molecular weight is 291 g/mol. The zero-order valence-electron chi connectivity index (χ0n) is 12.3. The summed E-state index contributed by atoms with van der Waals surface area (Å²) in [7, 11) is 0. The first kappa shape index (κ1) is 14.4. The van der Waals surface area contributed by atoms with E-state index in [9.17, 15) is 0 Å². The zero-order chi connectivity index (χ0) is 14.0. The van der Waals surface area contributed by atoms with Crippen LogP contribution < -0.4 is 5.73 Å². The number of thioether (sulfide) groups is 1. The van der Waals surface area contributed by atoms with Crippen molar-refractivity contribution < 1.29 is 4.74 Å². The van der Waals surface area contributed by atoms with Crippen molar-refractivity contribution in [3.63, 3.8) is 0 Å². The van der Waals surface area contributed by atoms with Crippen molar-refractivity contribution in [2.45, 2.75) is 55.6 Å². The summed E-state index contributed by atoms with van der Waals surface area (Å²) in [5.74, 6) is 1.66. The van der Waals surface area contributed by atoms with Gasteiger partial charge in [-0.1, -0.05) is 18.2 Å². The standard InChI is InChI=1S/C17H25NOS/c1-13-5-2-3-6-16(13)20-12-15(18)14-7-10-19-17(11-14)8-4-9-17/h2-3,5-6,14-15H,4,7-12,18H2,1H3. The van der Waals surface area contributed by atoms with E-state index in [1.807, 2.05) is 11.8 Å². The highest BCUT2D eigenvalue weighted by atomic mass is 32.2. The molecule has 2 fully saturated rings. The number of hydrogen-bond donors (Lipinski definition) is 1. The Labute approximate surface area is 126 Å². The number of benzene rings is 1. The molecule has 2 N–H and O–H groups in total. The summed E-state index contributed by atoms with van der Waals surface area (Å²) in [6.45, 7) is 3.08. The van der Waals surface area contributed by atoms with E-state index in [0.717, 1.165) is 18.8 Å². The second-order valence-corrected chi connectivity index (χ2v) is 7.44. The molecule has 2 unspecified atom stereocenters. The smallest absolute Gasteiger partial charge is 0.0685 e. The van der Waals surface area contributed by atoms with Crippen molar-refractivity contribution in [3.8, 4) is 0 Å². The molecule has 0 amide bonds. The van der Waals surface area contributed by atoms with E-state index in [4.69, 9.17) is 10.5 Å². The van der Waals surface area contributed by atoms with Gasteiger partial charge in [0, 0.05) is 23.3 Å². The molecule has 3 rings (SSSR count). The molecule has 2 nitrogen and oxygen atoms in total. The number of ether oxygens (including phenoxy) is 1. The molecular formula is C17H25NOS. The van der Waals surface area contributed by atoms with Crippen LogP contribution in [0.1, 0.15) is 37.7 Å². The fourth-order valence-corrected chi connectivity index (χ4v) is 4.51. The topological polar surface area (TPSA) is 35.2 Å². The second-order valence-electron chi connectivity index (χ2n) is 6.38. The van der Waals surface area contributed by atoms with Crippen molar-refractivity contribution in [1.29, 1.82) is 0 Å². The van der Waals surface area contributed by atoms with E-state index < -0.39 is 0 Å². The molecule has 1 spiro atoms. The number of hydrogen-bond acceptors (Lipinski definition) is 3. The van der Waals surface area contributed by atoms with Crippen LogP contribution in [0.5, 0.6) is 0 Å². The van der Waals surface area contributed by atoms with Crippen LogP contribution in [0.25, 0.3) is 0 Å². The molecule has 1 aromatic carbocycles. The Balaban J connectivity index is 1.54. The maximum Gasteiger partial charge on any atom is 0.0685 e. The Morgan fingerprint density at radius 1 is 1.40 bits per heavy atom. The van der Waals surface area contributed by atoms with Crippen LogP contribution in [0.15, 0.2) is 29.2 Å². The normalized spacial score (nSPS) is 26.2. The van der Waals surface area contributed by atoms with Gasteiger partial charge in [-0.2, -0.15) is 0 Å².